The average molecular weight is 468 g/mol. The Balaban J connectivity index is 2.23. The molecule has 0 saturated heterocycles. The van der Waals surface area contributed by atoms with Crippen molar-refractivity contribution in [2.24, 2.45) is 5.92 Å². The van der Waals surface area contributed by atoms with Crippen molar-refractivity contribution in [2.45, 2.75) is 66.3 Å². The van der Waals surface area contributed by atoms with E-state index in [9.17, 15) is 9.59 Å². The zero-order valence-corrected chi connectivity index (χ0v) is 21.0. The maximum absolute atomic E-state index is 13.7. The lowest BCUT2D eigenvalue weighted by Crippen LogP contribution is -2.38. The molecule has 1 unspecified atom stereocenters. The summed E-state index contributed by atoms with van der Waals surface area (Å²) in [6.07, 6.45) is 3.18. The average Bonchev–Trinajstić information content (AvgIpc) is 2.79. The van der Waals surface area contributed by atoms with Gasteiger partial charge in [0.25, 0.3) is 5.56 Å². The zero-order chi connectivity index (χ0) is 24.1. The molecule has 1 aromatic heterocycles. The van der Waals surface area contributed by atoms with Crippen molar-refractivity contribution in [3.8, 4) is 5.69 Å². The second-order valence-electron chi connectivity index (χ2n) is 9.06. The summed E-state index contributed by atoms with van der Waals surface area (Å²) in [7, 11) is 0. The monoisotopic (exact) mass is 467 g/mol. The molecule has 0 radical (unpaired) electrons. The van der Waals surface area contributed by atoms with Crippen LogP contribution in [0.25, 0.3) is 16.6 Å². The lowest BCUT2D eigenvalue weighted by molar-refractivity contribution is -0.133. The van der Waals surface area contributed by atoms with Crippen LogP contribution in [0.3, 0.4) is 0 Å². The topological polar surface area (TPSA) is 55.2 Å². The lowest BCUT2D eigenvalue weighted by atomic mass is 10.1. The molecule has 176 valence electrons. The Hall–Kier alpha value is -2.66. The summed E-state index contributed by atoms with van der Waals surface area (Å²) < 4.78 is 1.64. The zero-order valence-electron chi connectivity index (χ0n) is 20.3. The molecule has 1 amide bonds. The lowest BCUT2D eigenvalue weighted by Gasteiger charge is -2.31. The fourth-order valence-electron chi connectivity index (χ4n) is 4.04. The van der Waals surface area contributed by atoms with Crippen LogP contribution in [0.5, 0.6) is 0 Å². The van der Waals surface area contributed by atoms with Crippen molar-refractivity contribution >= 4 is 28.4 Å². The second-order valence-corrected chi connectivity index (χ2v) is 9.47. The van der Waals surface area contributed by atoms with Gasteiger partial charge in [-0.1, -0.05) is 57.0 Å². The third kappa shape index (κ3) is 5.47. The molecule has 0 fully saturated rings. The first-order valence-electron chi connectivity index (χ1n) is 11.8. The van der Waals surface area contributed by atoms with Crippen molar-refractivity contribution in [3.63, 3.8) is 0 Å². The molecule has 0 saturated carbocycles. The van der Waals surface area contributed by atoms with E-state index in [4.69, 9.17) is 16.6 Å². The van der Waals surface area contributed by atoms with Crippen LogP contribution in [0.1, 0.15) is 70.8 Å². The van der Waals surface area contributed by atoms with Gasteiger partial charge in [-0.3, -0.25) is 14.2 Å². The first kappa shape index (κ1) is 25.0. The number of hydrogen-bond donors (Lipinski definition) is 0. The minimum absolute atomic E-state index is 0.0989. The van der Waals surface area contributed by atoms with E-state index in [1.807, 2.05) is 55.1 Å². The Labute approximate surface area is 201 Å². The van der Waals surface area contributed by atoms with E-state index in [0.717, 1.165) is 24.8 Å². The highest BCUT2D eigenvalue weighted by Crippen LogP contribution is 2.28. The third-order valence-corrected chi connectivity index (χ3v) is 6.54. The number of hydrogen-bond acceptors (Lipinski definition) is 3. The van der Waals surface area contributed by atoms with E-state index < -0.39 is 0 Å². The molecule has 1 heterocycles. The molecule has 0 bridgehead atoms. The number of fused-ring (bicyclic) bond motifs is 1. The molecule has 1 atom stereocenters. The van der Waals surface area contributed by atoms with Gasteiger partial charge in [-0.2, -0.15) is 0 Å². The summed E-state index contributed by atoms with van der Waals surface area (Å²) in [6.45, 7) is 10.9. The van der Waals surface area contributed by atoms with Gasteiger partial charge in [-0.25, -0.2) is 4.98 Å². The first-order valence-corrected chi connectivity index (χ1v) is 12.2. The van der Waals surface area contributed by atoms with Crippen LogP contribution in [0, 0.1) is 12.8 Å². The third-order valence-electron chi connectivity index (χ3n) is 6.13. The van der Waals surface area contributed by atoms with Crippen molar-refractivity contribution in [1.82, 2.24) is 14.5 Å². The van der Waals surface area contributed by atoms with E-state index in [-0.39, 0.29) is 17.5 Å². The van der Waals surface area contributed by atoms with Crippen LogP contribution < -0.4 is 5.56 Å². The second kappa shape index (κ2) is 11.0. The number of rotatable bonds is 9. The van der Waals surface area contributed by atoms with Crippen molar-refractivity contribution in [1.29, 1.82) is 0 Å². The number of amides is 1. The summed E-state index contributed by atoms with van der Waals surface area (Å²) in [5.41, 5.74) is 1.97. The molecule has 3 rings (SSSR count). The minimum Gasteiger partial charge on any atom is -0.333 e. The smallest absolute Gasteiger partial charge is 0.266 e. The highest BCUT2D eigenvalue weighted by molar-refractivity contribution is 6.31. The van der Waals surface area contributed by atoms with Crippen LogP contribution in [0.4, 0.5) is 0 Å². The van der Waals surface area contributed by atoms with Gasteiger partial charge in [0.05, 0.1) is 22.6 Å². The van der Waals surface area contributed by atoms with Gasteiger partial charge < -0.3 is 4.90 Å². The predicted octanol–water partition coefficient (Wildman–Crippen LogP) is 6.47. The van der Waals surface area contributed by atoms with Gasteiger partial charge >= 0.3 is 0 Å². The van der Waals surface area contributed by atoms with E-state index in [1.54, 1.807) is 10.6 Å². The van der Waals surface area contributed by atoms with Crippen LogP contribution >= 0.6 is 11.6 Å². The number of benzene rings is 2. The van der Waals surface area contributed by atoms with Crippen molar-refractivity contribution < 1.29 is 4.79 Å². The molecule has 3 aromatic rings. The van der Waals surface area contributed by atoms with Crippen LogP contribution in [0.2, 0.25) is 5.02 Å². The normalized spacial score (nSPS) is 12.3. The molecule has 6 heteroatoms. The number of nitrogens with zero attached hydrogens (tertiary/aromatic N) is 3. The van der Waals surface area contributed by atoms with E-state index >= 15 is 0 Å². The highest BCUT2D eigenvalue weighted by Gasteiger charge is 2.27. The summed E-state index contributed by atoms with van der Waals surface area (Å²) in [4.78, 5) is 33.8. The Morgan fingerprint density at radius 3 is 2.55 bits per heavy atom. The molecule has 0 aliphatic rings. The number of para-hydroxylation sites is 1. The largest absolute Gasteiger partial charge is 0.333 e. The molecular weight excluding hydrogens is 434 g/mol. The fourth-order valence-corrected chi connectivity index (χ4v) is 4.21. The minimum atomic E-state index is -0.371. The molecule has 5 nitrogen and oxygen atoms in total. The van der Waals surface area contributed by atoms with Crippen molar-refractivity contribution in [2.75, 3.05) is 6.54 Å². The summed E-state index contributed by atoms with van der Waals surface area (Å²) >= 11 is 6.42. The number of aromatic nitrogens is 2. The van der Waals surface area contributed by atoms with Crippen LogP contribution in [0.15, 0.2) is 47.3 Å². The quantitative estimate of drug-likeness (QED) is 0.362. The van der Waals surface area contributed by atoms with Gasteiger partial charge in [-0.05, 0) is 62.4 Å². The van der Waals surface area contributed by atoms with E-state index in [0.29, 0.717) is 46.3 Å². The number of halogens is 1. The maximum Gasteiger partial charge on any atom is 0.266 e. The summed E-state index contributed by atoms with van der Waals surface area (Å²) in [5.74, 6) is 1.11. The highest BCUT2D eigenvalue weighted by atomic mass is 35.5. The molecule has 0 aliphatic heterocycles. The van der Waals surface area contributed by atoms with Gasteiger partial charge in [-0.15, -0.1) is 0 Å². The van der Waals surface area contributed by atoms with Crippen LogP contribution in [-0.2, 0) is 4.79 Å². The Kier molecular flexibility index (Phi) is 8.30. The molecule has 2 aromatic carbocycles. The van der Waals surface area contributed by atoms with E-state index in [2.05, 4.69) is 20.8 Å². The molecule has 0 spiro atoms. The number of carbonyl (C=O) groups is 1. The predicted molar refractivity (Wildman–Crippen MR) is 136 cm³/mol. The Morgan fingerprint density at radius 2 is 1.85 bits per heavy atom. The van der Waals surface area contributed by atoms with Crippen molar-refractivity contribution in [3.05, 3.63) is 69.2 Å². The molecule has 0 aliphatic carbocycles. The van der Waals surface area contributed by atoms with E-state index in [1.165, 1.54) is 0 Å². The molecule has 0 N–H and O–H groups in total. The van der Waals surface area contributed by atoms with Gasteiger partial charge in [0.1, 0.15) is 5.82 Å². The van der Waals surface area contributed by atoms with Crippen LogP contribution in [-0.4, -0.2) is 26.9 Å². The molecule has 33 heavy (non-hydrogen) atoms. The van der Waals surface area contributed by atoms with Gasteiger partial charge in [0.2, 0.25) is 5.91 Å². The van der Waals surface area contributed by atoms with Gasteiger partial charge in [0.15, 0.2) is 0 Å². The Bertz CT molecular complexity index is 1190. The first-order chi connectivity index (χ1) is 15.8. The number of unbranched alkanes of at least 4 members (excludes halogenated alkanes) is 1. The molecular formula is C27H34ClN3O2. The Morgan fingerprint density at radius 1 is 1.12 bits per heavy atom. The summed E-state index contributed by atoms with van der Waals surface area (Å²) in [5, 5.41) is 1.13. The standard InChI is InChI=1S/C27H34ClN3O2/c1-6-7-15-25(32)30(17-16-18(2)3)20(5)26-29-23-13-9-8-11-21(23)27(33)31(26)24-14-10-12-22(28)19(24)4/h8-14,18,20H,6-7,15-17H2,1-5H3. The SMILES string of the molecule is CCCCC(=O)N(CCC(C)C)C(C)c1nc2ccccc2c(=O)n1-c1cccc(Cl)c1C. The maximum atomic E-state index is 13.7. The number of carbonyl (C=O) groups excluding carboxylic acids is 1. The van der Waals surface area contributed by atoms with Gasteiger partial charge in [0, 0.05) is 18.0 Å². The summed E-state index contributed by atoms with van der Waals surface area (Å²) in [6, 6.07) is 12.5. The fraction of sp³-hybridized carbons (Fsp3) is 0.444.